The first-order chi connectivity index (χ1) is 13.0. The minimum Gasteiger partial charge on any atom is -0.440 e. The zero-order chi connectivity index (χ0) is 21.2. The van der Waals surface area contributed by atoms with Gasteiger partial charge in [-0.2, -0.15) is 5.10 Å². The lowest BCUT2D eigenvalue weighted by Crippen LogP contribution is -2.13. The molecule has 1 aromatic heterocycles. The van der Waals surface area contributed by atoms with E-state index in [1.54, 1.807) is 13.8 Å². The molecule has 0 spiro atoms. The Morgan fingerprint density at radius 3 is 2.43 bits per heavy atom. The van der Waals surface area contributed by atoms with E-state index >= 15 is 0 Å². The van der Waals surface area contributed by atoms with Crippen LogP contribution in [0.4, 0.5) is 0 Å². The highest BCUT2D eigenvalue weighted by Gasteiger charge is 2.26. The van der Waals surface area contributed by atoms with Crippen molar-refractivity contribution >= 4 is 33.2 Å². The minimum absolute atomic E-state index is 0.0474. The van der Waals surface area contributed by atoms with Crippen LogP contribution in [0.25, 0.3) is 0 Å². The van der Waals surface area contributed by atoms with Gasteiger partial charge < -0.3 is 9.47 Å². The Labute approximate surface area is 168 Å². The molecule has 0 N–H and O–H groups in total. The lowest BCUT2D eigenvalue weighted by atomic mass is 10.0. The van der Waals surface area contributed by atoms with E-state index in [9.17, 15) is 18.0 Å². The van der Waals surface area contributed by atoms with Gasteiger partial charge in [0.1, 0.15) is 5.56 Å². The number of ketones is 1. The van der Waals surface area contributed by atoms with Crippen LogP contribution in [-0.4, -0.2) is 43.0 Å². The van der Waals surface area contributed by atoms with Crippen LogP contribution in [0.3, 0.4) is 0 Å². The number of carbonyl (C=O) groups excluding carboxylic acids is 2. The molecule has 2 rings (SSSR count). The molecule has 10 heteroatoms. The fourth-order valence-electron chi connectivity index (χ4n) is 2.90. The summed E-state index contributed by atoms with van der Waals surface area (Å²) >= 11 is 6.34. The van der Waals surface area contributed by atoms with Crippen molar-refractivity contribution in [1.82, 2.24) is 9.78 Å². The number of esters is 1. The number of hydrogen-bond acceptors (Lipinski definition) is 7. The minimum atomic E-state index is -3.51. The Hall–Kier alpha value is -2.39. The Balaban J connectivity index is 2.53. The summed E-state index contributed by atoms with van der Waals surface area (Å²) in [7, 11) is -3.51. The predicted molar refractivity (Wildman–Crippen MR) is 103 cm³/mol. The van der Waals surface area contributed by atoms with Crippen LogP contribution in [0.2, 0.25) is 5.02 Å². The Kier molecular flexibility index (Phi) is 6.51. The summed E-state index contributed by atoms with van der Waals surface area (Å²) in [5, 5.41) is 4.15. The molecule has 0 bridgehead atoms. The molecule has 0 radical (unpaired) electrons. The van der Waals surface area contributed by atoms with E-state index in [0.29, 0.717) is 17.7 Å². The van der Waals surface area contributed by atoms with Gasteiger partial charge in [-0.25, -0.2) is 13.1 Å². The molecule has 0 saturated carbocycles. The first-order valence-corrected chi connectivity index (χ1v) is 10.6. The summed E-state index contributed by atoms with van der Waals surface area (Å²) < 4.78 is 35.7. The molecule has 152 valence electrons. The number of sulfone groups is 1. The number of rotatable bonds is 7. The van der Waals surface area contributed by atoms with Gasteiger partial charge in [0.2, 0.25) is 18.5 Å². The average molecular weight is 429 g/mol. The van der Waals surface area contributed by atoms with Gasteiger partial charge in [-0.05, 0) is 38.0 Å². The van der Waals surface area contributed by atoms with Crippen molar-refractivity contribution in [2.75, 3.05) is 13.0 Å². The number of carbonyl (C=O) groups is 2. The maximum absolute atomic E-state index is 13.1. The number of aromatic nitrogens is 2. The molecule has 1 aromatic carbocycles. The highest BCUT2D eigenvalue weighted by Crippen LogP contribution is 2.33. The average Bonchev–Trinajstić information content (AvgIpc) is 2.99. The van der Waals surface area contributed by atoms with E-state index in [1.165, 1.54) is 23.9 Å². The summed E-state index contributed by atoms with van der Waals surface area (Å²) in [6.07, 6.45) is 2.42. The zero-order valence-electron chi connectivity index (χ0n) is 16.2. The molecule has 0 fully saturated rings. The fourth-order valence-corrected chi connectivity index (χ4v) is 4.49. The van der Waals surface area contributed by atoms with E-state index in [2.05, 4.69) is 5.10 Å². The van der Waals surface area contributed by atoms with Crippen molar-refractivity contribution in [2.45, 2.75) is 39.1 Å². The summed E-state index contributed by atoms with van der Waals surface area (Å²) in [4.78, 5) is 24.1. The molecule has 0 atom stereocenters. The van der Waals surface area contributed by atoms with Gasteiger partial charge >= 0.3 is 5.97 Å². The SMILES string of the molecule is CCn1ncc(C(=O)c2cc(C)c(S(C)(=O)=O)c(C)c2Cl)c1OCOC(C)=O. The van der Waals surface area contributed by atoms with Crippen LogP contribution in [0, 0.1) is 13.8 Å². The lowest BCUT2D eigenvalue weighted by Gasteiger charge is -2.14. The van der Waals surface area contributed by atoms with Crippen LogP contribution in [0.1, 0.15) is 40.9 Å². The quantitative estimate of drug-likeness (QED) is 0.379. The normalized spacial score (nSPS) is 11.4. The van der Waals surface area contributed by atoms with E-state index < -0.39 is 21.6 Å². The molecule has 28 heavy (non-hydrogen) atoms. The fraction of sp³-hybridized carbons (Fsp3) is 0.389. The second-order valence-corrected chi connectivity index (χ2v) is 8.52. The largest absolute Gasteiger partial charge is 0.440 e. The molecule has 1 heterocycles. The number of nitrogens with zero attached hydrogens (tertiary/aromatic N) is 2. The van der Waals surface area contributed by atoms with Crippen molar-refractivity contribution in [2.24, 2.45) is 0 Å². The summed E-state index contributed by atoms with van der Waals surface area (Å²) in [6.45, 7) is 6.24. The monoisotopic (exact) mass is 428 g/mol. The smallest absolute Gasteiger partial charge is 0.305 e. The summed E-state index contributed by atoms with van der Waals surface area (Å²) in [5.74, 6) is -0.873. The molecule has 0 aliphatic heterocycles. The van der Waals surface area contributed by atoms with Crippen molar-refractivity contribution in [1.29, 1.82) is 0 Å². The van der Waals surface area contributed by atoms with Crippen LogP contribution in [0.5, 0.6) is 5.88 Å². The molecule has 0 unspecified atom stereocenters. The number of aryl methyl sites for hydroxylation is 2. The molecular formula is C18H21ClN2O6S. The second kappa shape index (κ2) is 8.32. The summed E-state index contributed by atoms with van der Waals surface area (Å²) in [6, 6.07) is 1.44. The van der Waals surface area contributed by atoms with Crippen molar-refractivity contribution < 1.29 is 27.5 Å². The molecule has 0 amide bonds. The van der Waals surface area contributed by atoms with Gasteiger partial charge in [-0.1, -0.05) is 11.6 Å². The Morgan fingerprint density at radius 2 is 1.89 bits per heavy atom. The lowest BCUT2D eigenvalue weighted by molar-refractivity contribution is -0.147. The Bertz CT molecular complexity index is 1040. The van der Waals surface area contributed by atoms with Crippen molar-refractivity contribution in [3.63, 3.8) is 0 Å². The third kappa shape index (κ3) is 4.36. The number of hydrogen-bond donors (Lipinski definition) is 0. The predicted octanol–water partition coefficient (Wildman–Crippen LogP) is 2.71. The van der Waals surface area contributed by atoms with E-state index in [4.69, 9.17) is 21.1 Å². The van der Waals surface area contributed by atoms with Gasteiger partial charge in [0.15, 0.2) is 9.84 Å². The number of ether oxygens (including phenoxy) is 2. The standard InChI is InChI=1S/C18H21ClN2O6S/c1-6-21-18(27-9-26-12(4)22)14(8-20-21)16(23)13-7-10(2)17(28(5,24)25)11(3)15(13)19/h7-8H,6,9H2,1-5H3. The maximum Gasteiger partial charge on any atom is 0.305 e. The second-order valence-electron chi connectivity index (χ2n) is 6.19. The van der Waals surface area contributed by atoms with Crippen LogP contribution < -0.4 is 4.74 Å². The van der Waals surface area contributed by atoms with Gasteiger partial charge in [0.05, 0.1) is 16.1 Å². The Morgan fingerprint density at radius 1 is 1.25 bits per heavy atom. The van der Waals surface area contributed by atoms with Crippen LogP contribution in [0.15, 0.2) is 17.2 Å². The molecule has 0 aliphatic rings. The van der Waals surface area contributed by atoms with Gasteiger partial charge in [-0.3, -0.25) is 9.59 Å². The van der Waals surface area contributed by atoms with Crippen LogP contribution >= 0.6 is 11.6 Å². The van der Waals surface area contributed by atoms with Crippen molar-refractivity contribution in [3.05, 3.63) is 39.5 Å². The van der Waals surface area contributed by atoms with E-state index in [0.717, 1.165) is 6.26 Å². The number of benzene rings is 1. The molecule has 0 aliphatic carbocycles. The van der Waals surface area contributed by atoms with Crippen molar-refractivity contribution in [3.8, 4) is 5.88 Å². The van der Waals surface area contributed by atoms with E-state index in [-0.39, 0.29) is 33.7 Å². The highest BCUT2D eigenvalue weighted by molar-refractivity contribution is 7.90. The maximum atomic E-state index is 13.1. The zero-order valence-corrected chi connectivity index (χ0v) is 17.8. The highest BCUT2D eigenvalue weighted by atomic mass is 35.5. The first-order valence-electron chi connectivity index (χ1n) is 8.35. The molecule has 2 aromatic rings. The summed E-state index contributed by atoms with van der Waals surface area (Å²) in [5.41, 5.74) is 0.981. The van der Waals surface area contributed by atoms with Gasteiger partial charge in [-0.15, -0.1) is 0 Å². The number of halogens is 1. The van der Waals surface area contributed by atoms with Gasteiger partial charge in [0.25, 0.3) is 0 Å². The van der Waals surface area contributed by atoms with Crippen LogP contribution in [-0.2, 0) is 25.9 Å². The van der Waals surface area contributed by atoms with E-state index in [1.807, 2.05) is 6.92 Å². The molecule has 8 nitrogen and oxygen atoms in total. The van der Waals surface area contributed by atoms with Gasteiger partial charge in [0, 0.05) is 25.3 Å². The first kappa shape index (κ1) is 21.9. The topological polar surface area (TPSA) is 105 Å². The molecular weight excluding hydrogens is 408 g/mol. The molecule has 0 saturated heterocycles. The third-order valence-corrected chi connectivity index (χ3v) is 5.89. The third-order valence-electron chi connectivity index (χ3n) is 4.03.